The van der Waals surface area contributed by atoms with Crippen LogP contribution in [0.4, 0.5) is 0 Å². The third-order valence-electron chi connectivity index (χ3n) is 4.33. The van der Waals surface area contributed by atoms with Gasteiger partial charge in [0.05, 0.1) is 12.7 Å². The molecule has 0 aromatic carbocycles. The smallest absolute Gasteiger partial charge is 0.194 e. The number of nitrogens with zero attached hydrogens (tertiary/aromatic N) is 5. The molecule has 0 bridgehead atoms. The molecule has 3 heterocycles. The van der Waals surface area contributed by atoms with Crippen LogP contribution in [-0.4, -0.2) is 45.3 Å². The molecule has 1 N–H and O–H groups in total. The third-order valence-corrected chi connectivity index (χ3v) is 5.46. The summed E-state index contributed by atoms with van der Waals surface area (Å²) in [6.45, 7) is 7.83. The van der Waals surface area contributed by atoms with Gasteiger partial charge < -0.3 is 10.2 Å². The Labute approximate surface area is 170 Å². The van der Waals surface area contributed by atoms with E-state index in [1.54, 1.807) is 11.3 Å². The first-order valence-electron chi connectivity index (χ1n) is 8.65. The Bertz CT molecular complexity index is 695. The summed E-state index contributed by atoms with van der Waals surface area (Å²) in [4.78, 5) is 12.9. The Morgan fingerprint density at radius 3 is 2.88 bits per heavy atom. The van der Waals surface area contributed by atoms with Crippen molar-refractivity contribution in [3.63, 3.8) is 0 Å². The van der Waals surface area contributed by atoms with Crippen molar-refractivity contribution in [2.45, 2.75) is 39.2 Å². The lowest BCUT2D eigenvalue weighted by Gasteiger charge is -2.21. The van der Waals surface area contributed by atoms with E-state index in [-0.39, 0.29) is 24.0 Å². The number of thiazole rings is 1. The van der Waals surface area contributed by atoms with E-state index in [2.05, 4.69) is 40.3 Å². The summed E-state index contributed by atoms with van der Waals surface area (Å²) in [6, 6.07) is 0. The van der Waals surface area contributed by atoms with Crippen LogP contribution in [0.1, 0.15) is 41.6 Å². The fourth-order valence-corrected chi connectivity index (χ4v) is 3.82. The quantitative estimate of drug-likeness (QED) is 0.411. The zero-order valence-corrected chi connectivity index (χ0v) is 18.3. The predicted octanol–water partition coefficient (Wildman–Crippen LogP) is 3.01. The van der Waals surface area contributed by atoms with Crippen molar-refractivity contribution in [3.05, 3.63) is 34.0 Å². The molecule has 0 saturated carbocycles. The first kappa shape index (κ1) is 20.2. The van der Waals surface area contributed by atoms with Crippen LogP contribution in [0, 0.1) is 0 Å². The van der Waals surface area contributed by atoms with Crippen LogP contribution in [0.5, 0.6) is 0 Å². The maximum absolute atomic E-state index is 4.81. The number of hydrogen-bond acceptors (Lipinski definition) is 4. The van der Waals surface area contributed by atoms with Crippen LogP contribution in [0.25, 0.3) is 0 Å². The minimum absolute atomic E-state index is 0. The molecule has 1 unspecified atom stereocenters. The number of halogens is 1. The first-order chi connectivity index (χ1) is 11.7. The molecular weight excluding hydrogens is 447 g/mol. The lowest BCUT2D eigenvalue weighted by Crippen LogP contribution is -2.40. The van der Waals surface area contributed by atoms with Gasteiger partial charge in [0.25, 0.3) is 0 Å². The van der Waals surface area contributed by atoms with Crippen molar-refractivity contribution in [1.82, 2.24) is 25.0 Å². The lowest BCUT2D eigenvalue weighted by molar-refractivity contribution is 0.486. The summed E-state index contributed by atoms with van der Waals surface area (Å²) < 4.78 is 1.88. The van der Waals surface area contributed by atoms with Gasteiger partial charge in [0.1, 0.15) is 5.01 Å². The number of nitrogens with one attached hydrogen (secondary N) is 1. The summed E-state index contributed by atoms with van der Waals surface area (Å²) in [6.07, 6.45) is 8.27. The summed E-state index contributed by atoms with van der Waals surface area (Å²) in [7, 11) is 1.97. The molecule has 0 spiro atoms. The van der Waals surface area contributed by atoms with E-state index in [1.165, 1.54) is 10.4 Å². The second-order valence-electron chi connectivity index (χ2n) is 6.12. The summed E-state index contributed by atoms with van der Waals surface area (Å²) in [5.41, 5.74) is 1.32. The van der Waals surface area contributed by atoms with Crippen LogP contribution in [0.3, 0.4) is 0 Å². The van der Waals surface area contributed by atoms with Gasteiger partial charge in [0.2, 0.25) is 0 Å². The Morgan fingerprint density at radius 1 is 1.40 bits per heavy atom. The van der Waals surface area contributed by atoms with Gasteiger partial charge in [0.15, 0.2) is 5.96 Å². The molecule has 2 aromatic rings. The molecule has 25 heavy (non-hydrogen) atoms. The van der Waals surface area contributed by atoms with Gasteiger partial charge in [-0.1, -0.05) is 6.92 Å². The van der Waals surface area contributed by atoms with Crippen LogP contribution in [-0.2, 0) is 20.0 Å². The van der Waals surface area contributed by atoms with Gasteiger partial charge in [-0.2, -0.15) is 5.10 Å². The standard InChI is InChI=1S/C17H26N6S.HI/c1-4-15-9-19-16(24-15)10-20-17(18-5-2)23-7-6-13(12-23)14-8-21-22(3)11-14;/h8-9,11,13H,4-7,10,12H2,1-3H3,(H,18,20);1H. The Hall–Kier alpha value is -1.16. The van der Waals surface area contributed by atoms with E-state index >= 15 is 0 Å². The molecule has 1 atom stereocenters. The second kappa shape index (κ2) is 9.51. The fourth-order valence-electron chi connectivity index (χ4n) is 3.03. The van der Waals surface area contributed by atoms with Gasteiger partial charge in [-0.25, -0.2) is 9.98 Å². The number of aromatic nitrogens is 3. The summed E-state index contributed by atoms with van der Waals surface area (Å²) >= 11 is 1.76. The Kier molecular flexibility index (Phi) is 7.67. The van der Waals surface area contributed by atoms with Gasteiger partial charge in [-0.3, -0.25) is 4.68 Å². The number of aryl methyl sites for hydroxylation is 2. The van der Waals surface area contributed by atoms with Gasteiger partial charge in [-0.15, -0.1) is 35.3 Å². The highest BCUT2D eigenvalue weighted by atomic mass is 127. The maximum Gasteiger partial charge on any atom is 0.194 e. The minimum Gasteiger partial charge on any atom is -0.357 e. The van der Waals surface area contributed by atoms with E-state index in [1.807, 2.05) is 24.1 Å². The number of hydrogen-bond donors (Lipinski definition) is 1. The van der Waals surface area contributed by atoms with Gasteiger partial charge >= 0.3 is 0 Å². The highest BCUT2D eigenvalue weighted by Gasteiger charge is 2.26. The van der Waals surface area contributed by atoms with Crippen molar-refractivity contribution < 1.29 is 0 Å². The summed E-state index contributed by atoms with van der Waals surface area (Å²) in [5.74, 6) is 1.53. The molecule has 3 rings (SSSR count). The molecule has 1 aliphatic rings. The molecular formula is C17H27IN6S. The maximum atomic E-state index is 4.81. The van der Waals surface area contributed by atoms with Gasteiger partial charge in [0, 0.05) is 49.9 Å². The molecule has 0 amide bonds. The van der Waals surface area contributed by atoms with Gasteiger partial charge in [-0.05, 0) is 25.3 Å². The molecule has 1 aliphatic heterocycles. The monoisotopic (exact) mass is 474 g/mol. The van der Waals surface area contributed by atoms with Crippen LogP contribution >= 0.6 is 35.3 Å². The van der Waals surface area contributed by atoms with Crippen LogP contribution < -0.4 is 5.32 Å². The zero-order valence-electron chi connectivity index (χ0n) is 15.1. The Balaban J connectivity index is 0.00000225. The largest absolute Gasteiger partial charge is 0.357 e. The topological polar surface area (TPSA) is 58.3 Å². The van der Waals surface area contributed by atoms with E-state index in [4.69, 9.17) is 4.99 Å². The highest BCUT2D eigenvalue weighted by Crippen LogP contribution is 2.26. The number of likely N-dealkylation sites (tertiary alicyclic amines) is 1. The number of rotatable bonds is 5. The van der Waals surface area contributed by atoms with Crippen molar-refractivity contribution in [2.24, 2.45) is 12.0 Å². The van der Waals surface area contributed by atoms with Crippen molar-refractivity contribution in [3.8, 4) is 0 Å². The van der Waals surface area contributed by atoms with E-state index in [9.17, 15) is 0 Å². The number of guanidine groups is 1. The van der Waals surface area contributed by atoms with E-state index in [0.717, 1.165) is 43.4 Å². The molecule has 138 valence electrons. The average Bonchev–Trinajstić information content (AvgIpc) is 3.31. The van der Waals surface area contributed by atoms with Crippen molar-refractivity contribution in [1.29, 1.82) is 0 Å². The molecule has 1 fully saturated rings. The van der Waals surface area contributed by atoms with Crippen molar-refractivity contribution >= 4 is 41.3 Å². The second-order valence-corrected chi connectivity index (χ2v) is 7.32. The molecule has 6 nitrogen and oxygen atoms in total. The Morgan fingerprint density at radius 2 is 2.24 bits per heavy atom. The highest BCUT2D eigenvalue weighted by molar-refractivity contribution is 14.0. The van der Waals surface area contributed by atoms with Crippen LogP contribution in [0.15, 0.2) is 23.6 Å². The van der Waals surface area contributed by atoms with Crippen LogP contribution in [0.2, 0.25) is 0 Å². The zero-order chi connectivity index (χ0) is 16.9. The third kappa shape index (κ3) is 5.16. The fraction of sp³-hybridized carbons (Fsp3) is 0.588. The molecule has 1 saturated heterocycles. The van der Waals surface area contributed by atoms with Crippen molar-refractivity contribution in [2.75, 3.05) is 19.6 Å². The normalized spacial score (nSPS) is 17.6. The first-order valence-corrected chi connectivity index (χ1v) is 9.46. The average molecular weight is 474 g/mol. The molecule has 2 aromatic heterocycles. The lowest BCUT2D eigenvalue weighted by atomic mass is 10.0. The minimum atomic E-state index is 0. The molecule has 8 heteroatoms. The predicted molar refractivity (Wildman–Crippen MR) is 114 cm³/mol. The SMILES string of the molecule is CCNC(=NCc1ncc(CC)s1)N1CCC(c2cnn(C)c2)C1.I. The van der Waals surface area contributed by atoms with E-state index < -0.39 is 0 Å². The molecule has 0 radical (unpaired) electrons. The van der Waals surface area contributed by atoms with E-state index in [0.29, 0.717) is 12.5 Å². The number of aliphatic imine (C=N–C) groups is 1. The summed E-state index contributed by atoms with van der Waals surface area (Å²) in [5, 5.41) is 8.81. The molecule has 0 aliphatic carbocycles.